The lowest BCUT2D eigenvalue weighted by atomic mass is 9.99. The maximum absolute atomic E-state index is 13.1. The van der Waals surface area contributed by atoms with Crippen molar-refractivity contribution in [3.05, 3.63) is 86.7 Å². The quantitative estimate of drug-likeness (QED) is 0.383. The summed E-state index contributed by atoms with van der Waals surface area (Å²) in [6.45, 7) is 4.23. The summed E-state index contributed by atoms with van der Waals surface area (Å²) in [6, 6.07) is 14.9. The van der Waals surface area contributed by atoms with Crippen LogP contribution in [-0.4, -0.2) is 15.3 Å². The molecule has 146 valence electrons. The molecular weight excluding hydrogens is 404 g/mol. The fraction of sp³-hybridized carbons (Fsp3) is 0.174. The Bertz CT molecular complexity index is 1240. The van der Waals surface area contributed by atoms with Crippen LogP contribution >= 0.6 is 22.9 Å². The molecular formula is C23H19ClN2O2S. The summed E-state index contributed by atoms with van der Waals surface area (Å²) in [5, 5.41) is 3.07. The number of hydrogen-bond donors (Lipinski definition) is 0. The second-order valence-corrected chi connectivity index (χ2v) is 8.51. The number of carbonyl (C=O) groups excluding carboxylic acids is 1. The van der Waals surface area contributed by atoms with Crippen LogP contribution in [0, 0.1) is 0 Å². The third-order valence-corrected chi connectivity index (χ3v) is 6.07. The van der Waals surface area contributed by atoms with Crippen LogP contribution < -0.4 is 5.56 Å². The Hall–Kier alpha value is -2.76. The number of thiophene rings is 1. The molecule has 0 unspecified atom stereocenters. The monoisotopic (exact) mass is 422 g/mol. The second-order valence-electron chi connectivity index (χ2n) is 7.21. The minimum atomic E-state index is -0.207. The first-order chi connectivity index (χ1) is 13.9. The highest BCUT2D eigenvalue weighted by Gasteiger charge is 2.15. The molecule has 0 atom stereocenters. The molecule has 0 spiro atoms. The smallest absolute Gasteiger partial charge is 0.263 e. The second kappa shape index (κ2) is 7.93. The van der Waals surface area contributed by atoms with E-state index in [0.29, 0.717) is 26.7 Å². The fourth-order valence-electron chi connectivity index (χ4n) is 3.22. The van der Waals surface area contributed by atoms with E-state index in [2.05, 4.69) is 31.0 Å². The summed E-state index contributed by atoms with van der Waals surface area (Å²) in [4.78, 5) is 30.8. The summed E-state index contributed by atoms with van der Waals surface area (Å²) in [5.41, 5.74) is 3.38. The summed E-state index contributed by atoms with van der Waals surface area (Å²) in [7, 11) is 0. The van der Waals surface area contributed by atoms with Crippen LogP contribution in [0.5, 0.6) is 0 Å². The molecule has 0 aliphatic rings. The van der Waals surface area contributed by atoms with Gasteiger partial charge in [0.1, 0.15) is 4.83 Å². The van der Waals surface area contributed by atoms with Crippen molar-refractivity contribution < 1.29 is 4.79 Å². The summed E-state index contributed by atoms with van der Waals surface area (Å²) < 4.78 is 1.37. The molecule has 2 heterocycles. The molecule has 0 N–H and O–H groups in total. The third kappa shape index (κ3) is 3.88. The summed E-state index contributed by atoms with van der Waals surface area (Å²) >= 11 is 7.32. The van der Waals surface area contributed by atoms with E-state index in [0.717, 1.165) is 11.1 Å². The van der Waals surface area contributed by atoms with Crippen molar-refractivity contribution in [3.63, 3.8) is 0 Å². The Morgan fingerprint density at radius 3 is 2.45 bits per heavy atom. The van der Waals surface area contributed by atoms with E-state index >= 15 is 0 Å². The number of rotatable bonds is 5. The Kier molecular flexibility index (Phi) is 5.35. The van der Waals surface area contributed by atoms with Gasteiger partial charge in [0.05, 0.1) is 18.3 Å². The molecule has 29 heavy (non-hydrogen) atoms. The van der Waals surface area contributed by atoms with Gasteiger partial charge in [-0.1, -0.05) is 49.7 Å². The van der Waals surface area contributed by atoms with Gasteiger partial charge in [0.15, 0.2) is 5.78 Å². The third-order valence-electron chi connectivity index (χ3n) is 4.93. The minimum Gasteiger partial charge on any atom is -0.292 e. The number of aromatic nitrogens is 2. The molecule has 0 bridgehead atoms. The van der Waals surface area contributed by atoms with E-state index in [9.17, 15) is 9.59 Å². The maximum atomic E-state index is 13.1. The van der Waals surface area contributed by atoms with Crippen LogP contribution in [0.3, 0.4) is 0 Å². The minimum absolute atomic E-state index is 0.0645. The number of ketones is 1. The molecule has 0 saturated heterocycles. The molecule has 6 heteroatoms. The van der Waals surface area contributed by atoms with E-state index in [4.69, 9.17) is 11.6 Å². The van der Waals surface area contributed by atoms with Crippen molar-refractivity contribution >= 4 is 38.9 Å². The lowest BCUT2D eigenvalue weighted by Crippen LogP contribution is -2.24. The molecule has 2 aromatic carbocycles. The van der Waals surface area contributed by atoms with Gasteiger partial charge in [-0.3, -0.25) is 14.2 Å². The van der Waals surface area contributed by atoms with E-state index in [1.54, 1.807) is 24.3 Å². The topological polar surface area (TPSA) is 52.0 Å². The Balaban J connectivity index is 1.71. The molecule has 0 amide bonds. The van der Waals surface area contributed by atoms with Crippen molar-refractivity contribution in [3.8, 4) is 11.1 Å². The standard InChI is InChI=1S/C23H19ClN2O2S/c1-14(2)15-3-5-16(6-4-15)19-12-29-22-21(19)23(28)26(13-25-22)11-20(27)17-7-9-18(24)10-8-17/h3-10,12-14H,11H2,1-2H3. The largest absolute Gasteiger partial charge is 0.292 e. The van der Waals surface area contributed by atoms with E-state index < -0.39 is 0 Å². The first kappa shape index (κ1) is 19.6. The average molecular weight is 423 g/mol. The number of nitrogens with zero attached hydrogens (tertiary/aromatic N) is 2. The zero-order valence-corrected chi connectivity index (χ0v) is 17.6. The van der Waals surface area contributed by atoms with E-state index in [-0.39, 0.29) is 17.9 Å². The van der Waals surface area contributed by atoms with E-state index in [1.807, 2.05) is 17.5 Å². The van der Waals surface area contributed by atoms with Gasteiger partial charge >= 0.3 is 0 Å². The number of fused-ring (bicyclic) bond motifs is 1. The maximum Gasteiger partial charge on any atom is 0.263 e. The number of hydrogen-bond acceptors (Lipinski definition) is 4. The van der Waals surface area contributed by atoms with Crippen LogP contribution in [0.2, 0.25) is 5.02 Å². The molecule has 4 aromatic rings. The van der Waals surface area contributed by atoms with Gasteiger partial charge < -0.3 is 0 Å². The van der Waals surface area contributed by atoms with Gasteiger partial charge in [-0.2, -0.15) is 0 Å². The van der Waals surface area contributed by atoms with Gasteiger partial charge in [-0.15, -0.1) is 11.3 Å². The average Bonchev–Trinajstić information content (AvgIpc) is 3.15. The van der Waals surface area contributed by atoms with Crippen LogP contribution in [0.15, 0.2) is 65.0 Å². The van der Waals surface area contributed by atoms with Crippen LogP contribution in [0.1, 0.15) is 35.7 Å². The zero-order valence-electron chi connectivity index (χ0n) is 16.1. The molecule has 0 aliphatic heterocycles. The van der Waals surface area contributed by atoms with Crippen LogP contribution in [0.25, 0.3) is 21.3 Å². The number of halogens is 1. The van der Waals surface area contributed by atoms with Gasteiger partial charge in [-0.25, -0.2) is 4.98 Å². The molecule has 4 rings (SSSR count). The fourth-order valence-corrected chi connectivity index (χ4v) is 4.25. The van der Waals surface area contributed by atoms with Gasteiger partial charge in [0.25, 0.3) is 5.56 Å². The predicted molar refractivity (Wildman–Crippen MR) is 119 cm³/mol. The number of benzene rings is 2. The van der Waals surface area contributed by atoms with Crippen LogP contribution in [0.4, 0.5) is 0 Å². The van der Waals surface area contributed by atoms with Crippen LogP contribution in [-0.2, 0) is 6.54 Å². The first-order valence-electron chi connectivity index (χ1n) is 9.30. The Morgan fingerprint density at radius 1 is 1.10 bits per heavy atom. The van der Waals surface area contributed by atoms with Gasteiger partial charge in [0, 0.05) is 21.5 Å². The van der Waals surface area contributed by atoms with Crippen molar-refractivity contribution in [2.45, 2.75) is 26.3 Å². The molecule has 2 aromatic heterocycles. The lowest BCUT2D eigenvalue weighted by Gasteiger charge is -2.08. The Morgan fingerprint density at radius 2 is 1.79 bits per heavy atom. The van der Waals surface area contributed by atoms with Crippen molar-refractivity contribution in [1.29, 1.82) is 0 Å². The molecule has 0 saturated carbocycles. The number of carbonyl (C=O) groups is 1. The lowest BCUT2D eigenvalue weighted by molar-refractivity contribution is 0.0970. The highest BCUT2D eigenvalue weighted by atomic mass is 35.5. The van der Waals surface area contributed by atoms with Crippen molar-refractivity contribution in [1.82, 2.24) is 9.55 Å². The molecule has 0 aliphatic carbocycles. The number of Topliss-reactive ketones (excluding diaryl/α,β-unsaturated/α-hetero) is 1. The normalized spacial score (nSPS) is 11.3. The highest BCUT2D eigenvalue weighted by molar-refractivity contribution is 7.17. The molecule has 0 radical (unpaired) electrons. The Labute approximate surface area is 177 Å². The van der Waals surface area contributed by atoms with Crippen molar-refractivity contribution in [2.24, 2.45) is 0 Å². The SMILES string of the molecule is CC(C)c1ccc(-c2csc3ncn(CC(=O)c4ccc(Cl)cc4)c(=O)c23)cc1. The molecule has 4 nitrogen and oxygen atoms in total. The summed E-state index contributed by atoms with van der Waals surface area (Å²) in [6.07, 6.45) is 1.45. The van der Waals surface area contributed by atoms with Gasteiger partial charge in [-0.05, 0) is 41.3 Å². The highest BCUT2D eigenvalue weighted by Crippen LogP contribution is 2.31. The van der Waals surface area contributed by atoms with Crippen molar-refractivity contribution in [2.75, 3.05) is 0 Å². The first-order valence-corrected chi connectivity index (χ1v) is 10.6. The zero-order chi connectivity index (χ0) is 20.5. The van der Waals surface area contributed by atoms with Gasteiger partial charge in [0.2, 0.25) is 0 Å². The van der Waals surface area contributed by atoms with E-state index in [1.165, 1.54) is 27.8 Å². The predicted octanol–water partition coefficient (Wildman–Crippen LogP) is 5.78. The summed E-state index contributed by atoms with van der Waals surface area (Å²) in [5.74, 6) is 0.282. The molecule has 0 fully saturated rings.